The quantitative estimate of drug-likeness (QED) is 0.829. The van der Waals surface area contributed by atoms with Gasteiger partial charge in [-0.25, -0.2) is 0 Å². The summed E-state index contributed by atoms with van der Waals surface area (Å²) in [6.45, 7) is 4.68. The number of nitrogens with one attached hydrogen (secondary N) is 1. The molecule has 0 aliphatic carbocycles. The topological polar surface area (TPSA) is 77.1 Å². The highest BCUT2D eigenvalue weighted by atomic mass is 32.1. The van der Waals surface area contributed by atoms with Gasteiger partial charge in [0.05, 0.1) is 5.69 Å². The Balaban J connectivity index is 2.23. The third-order valence-corrected chi connectivity index (χ3v) is 3.74. The van der Waals surface area contributed by atoms with E-state index in [9.17, 15) is 9.59 Å². The molecule has 0 atom stereocenters. The molecular weight excluding hydrogens is 286 g/mol. The minimum absolute atomic E-state index is 0.0270. The van der Waals surface area contributed by atoms with E-state index >= 15 is 0 Å². The maximum atomic E-state index is 11.9. The summed E-state index contributed by atoms with van der Waals surface area (Å²) in [5.41, 5.74) is 7.96. The number of thiazole rings is 1. The average molecular weight is 305 g/mol. The molecule has 1 heterocycles. The van der Waals surface area contributed by atoms with E-state index in [1.807, 2.05) is 26.0 Å². The van der Waals surface area contributed by atoms with E-state index < -0.39 is 0 Å². The summed E-state index contributed by atoms with van der Waals surface area (Å²) in [5.74, 6) is 0.218. The van der Waals surface area contributed by atoms with Crippen molar-refractivity contribution in [2.45, 2.75) is 20.4 Å². The van der Waals surface area contributed by atoms with Crippen LogP contribution >= 0.6 is 11.3 Å². The first kappa shape index (κ1) is 15.3. The van der Waals surface area contributed by atoms with Crippen molar-refractivity contribution in [2.75, 3.05) is 12.3 Å². The highest BCUT2D eigenvalue weighted by Gasteiger charge is 2.12. The van der Waals surface area contributed by atoms with Crippen molar-refractivity contribution >= 4 is 22.9 Å². The molecular formula is C15H19N3O2S. The van der Waals surface area contributed by atoms with E-state index in [0.717, 1.165) is 22.6 Å². The van der Waals surface area contributed by atoms with Crippen molar-refractivity contribution in [1.29, 1.82) is 0 Å². The monoisotopic (exact) mass is 305 g/mol. The van der Waals surface area contributed by atoms with E-state index in [2.05, 4.69) is 5.32 Å². The van der Waals surface area contributed by atoms with Crippen LogP contribution in [0, 0.1) is 5.92 Å². The highest BCUT2D eigenvalue weighted by Crippen LogP contribution is 2.21. The predicted molar refractivity (Wildman–Crippen MR) is 86.3 cm³/mol. The number of nitrogen functional groups attached to an aromatic ring is 1. The van der Waals surface area contributed by atoms with Gasteiger partial charge in [-0.2, -0.15) is 0 Å². The molecule has 0 fully saturated rings. The number of rotatable bonds is 5. The van der Waals surface area contributed by atoms with Crippen molar-refractivity contribution in [3.63, 3.8) is 0 Å². The first-order chi connectivity index (χ1) is 9.97. The molecule has 0 saturated heterocycles. The fourth-order valence-electron chi connectivity index (χ4n) is 1.92. The lowest BCUT2D eigenvalue weighted by Crippen LogP contribution is -2.33. The Morgan fingerprint density at radius 2 is 2.19 bits per heavy atom. The largest absolute Gasteiger partial charge is 0.399 e. The minimum atomic E-state index is -0.158. The molecule has 1 aromatic heterocycles. The maximum Gasteiger partial charge on any atom is 0.308 e. The molecule has 0 aliphatic rings. The Kier molecular flexibility index (Phi) is 4.80. The average Bonchev–Trinajstić information content (AvgIpc) is 2.78. The van der Waals surface area contributed by atoms with Crippen molar-refractivity contribution in [3.05, 3.63) is 39.3 Å². The van der Waals surface area contributed by atoms with Crippen LogP contribution in [0.1, 0.15) is 13.8 Å². The summed E-state index contributed by atoms with van der Waals surface area (Å²) >= 11 is 1.08. The molecule has 0 bridgehead atoms. The SMILES string of the molecule is CC(C)CNC(=O)Cn1c(-c2cccc(N)c2)csc1=O. The standard InChI is InChI=1S/C15H19N3O2S/c1-10(2)7-17-14(19)8-18-13(9-21-15(18)20)11-4-3-5-12(16)6-11/h3-6,9-10H,7-8,16H2,1-2H3,(H,17,19). The lowest BCUT2D eigenvalue weighted by molar-refractivity contribution is -0.121. The number of carbonyl (C=O) groups excluding carboxylic acids is 1. The van der Waals surface area contributed by atoms with Crippen molar-refractivity contribution in [2.24, 2.45) is 5.92 Å². The number of hydrogen-bond donors (Lipinski definition) is 2. The van der Waals surface area contributed by atoms with Gasteiger partial charge in [0.1, 0.15) is 6.54 Å². The minimum Gasteiger partial charge on any atom is -0.399 e. The van der Waals surface area contributed by atoms with Gasteiger partial charge >= 0.3 is 4.87 Å². The number of anilines is 1. The Morgan fingerprint density at radius 3 is 2.86 bits per heavy atom. The van der Waals surface area contributed by atoms with Crippen LogP contribution in [0.3, 0.4) is 0 Å². The van der Waals surface area contributed by atoms with Crippen molar-refractivity contribution in [3.8, 4) is 11.3 Å². The number of benzene rings is 1. The summed E-state index contributed by atoms with van der Waals surface area (Å²) in [5, 5.41) is 4.58. The Labute approximate surface area is 127 Å². The lowest BCUT2D eigenvalue weighted by atomic mass is 10.1. The number of carbonyl (C=O) groups is 1. The van der Waals surface area contributed by atoms with E-state index in [1.54, 1.807) is 17.5 Å². The Morgan fingerprint density at radius 1 is 1.43 bits per heavy atom. The lowest BCUT2D eigenvalue weighted by Gasteiger charge is -2.10. The van der Waals surface area contributed by atoms with Crippen LogP contribution in [0.5, 0.6) is 0 Å². The van der Waals surface area contributed by atoms with Crippen LogP contribution in [-0.2, 0) is 11.3 Å². The van der Waals surface area contributed by atoms with Gasteiger partial charge in [-0.15, -0.1) is 0 Å². The normalized spacial score (nSPS) is 10.8. The van der Waals surface area contributed by atoms with Gasteiger partial charge in [-0.3, -0.25) is 14.2 Å². The van der Waals surface area contributed by atoms with E-state index in [-0.39, 0.29) is 17.3 Å². The van der Waals surface area contributed by atoms with E-state index in [0.29, 0.717) is 18.2 Å². The number of hydrogen-bond acceptors (Lipinski definition) is 4. The van der Waals surface area contributed by atoms with Crippen LogP contribution < -0.4 is 15.9 Å². The molecule has 0 unspecified atom stereocenters. The van der Waals surface area contributed by atoms with Crippen molar-refractivity contribution in [1.82, 2.24) is 9.88 Å². The highest BCUT2D eigenvalue weighted by molar-refractivity contribution is 7.07. The number of nitrogens with zero attached hydrogens (tertiary/aromatic N) is 1. The predicted octanol–water partition coefficient (Wildman–Crippen LogP) is 1.93. The first-order valence-corrected chi connectivity index (χ1v) is 7.66. The molecule has 0 aliphatic heterocycles. The molecule has 1 aromatic carbocycles. The molecule has 21 heavy (non-hydrogen) atoms. The first-order valence-electron chi connectivity index (χ1n) is 6.78. The van der Waals surface area contributed by atoms with Crippen LogP contribution in [-0.4, -0.2) is 17.0 Å². The van der Waals surface area contributed by atoms with Gasteiger partial charge in [0.15, 0.2) is 0 Å². The van der Waals surface area contributed by atoms with Crippen molar-refractivity contribution < 1.29 is 4.79 Å². The number of aromatic nitrogens is 1. The van der Waals surface area contributed by atoms with Crippen LogP contribution in [0.4, 0.5) is 5.69 Å². The van der Waals surface area contributed by atoms with Crippen LogP contribution in [0.2, 0.25) is 0 Å². The van der Waals surface area contributed by atoms with E-state index in [1.165, 1.54) is 4.57 Å². The summed E-state index contributed by atoms with van der Waals surface area (Å²) in [4.78, 5) is 23.7. The summed E-state index contributed by atoms with van der Waals surface area (Å²) in [6.07, 6.45) is 0. The molecule has 112 valence electrons. The molecule has 0 spiro atoms. The van der Waals surface area contributed by atoms with Crippen LogP contribution in [0.15, 0.2) is 34.4 Å². The Hall–Kier alpha value is -2.08. The number of nitrogens with two attached hydrogens (primary N) is 1. The summed E-state index contributed by atoms with van der Waals surface area (Å²) in [7, 11) is 0. The second-order valence-corrected chi connectivity index (χ2v) is 6.12. The van der Waals surface area contributed by atoms with E-state index in [4.69, 9.17) is 5.73 Å². The summed E-state index contributed by atoms with van der Waals surface area (Å²) < 4.78 is 1.48. The second kappa shape index (κ2) is 6.58. The van der Waals surface area contributed by atoms with Gasteiger partial charge < -0.3 is 11.1 Å². The fourth-order valence-corrected chi connectivity index (χ4v) is 2.69. The zero-order chi connectivity index (χ0) is 15.4. The molecule has 6 heteroatoms. The van der Waals surface area contributed by atoms with Gasteiger partial charge in [0.25, 0.3) is 0 Å². The molecule has 0 saturated carbocycles. The maximum absolute atomic E-state index is 11.9. The Bertz CT molecular complexity index is 688. The molecule has 5 nitrogen and oxygen atoms in total. The summed E-state index contributed by atoms with van der Waals surface area (Å²) in [6, 6.07) is 7.29. The van der Waals surface area contributed by atoms with Gasteiger partial charge in [0, 0.05) is 23.2 Å². The molecule has 0 radical (unpaired) electrons. The number of amides is 1. The smallest absolute Gasteiger partial charge is 0.308 e. The zero-order valence-electron chi connectivity index (χ0n) is 12.1. The van der Waals surface area contributed by atoms with Gasteiger partial charge in [0.2, 0.25) is 5.91 Å². The third-order valence-electron chi connectivity index (χ3n) is 2.97. The second-order valence-electron chi connectivity index (χ2n) is 5.30. The molecule has 1 amide bonds. The molecule has 2 aromatic rings. The van der Waals surface area contributed by atoms with Gasteiger partial charge in [-0.05, 0) is 18.1 Å². The molecule has 3 N–H and O–H groups in total. The molecule has 2 rings (SSSR count). The van der Waals surface area contributed by atoms with Gasteiger partial charge in [-0.1, -0.05) is 37.3 Å². The zero-order valence-corrected chi connectivity index (χ0v) is 12.9. The van der Waals surface area contributed by atoms with Crippen LogP contribution in [0.25, 0.3) is 11.3 Å². The fraction of sp³-hybridized carbons (Fsp3) is 0.333. The third kappa shape index (κ3) is 3.95.